The Hall–Kier alpha value is -2.03. The van der Waals surface area contributed by atoms with E-state index in [0.717, 1.165) is 34.6 Å². The molecule has 0 spiro atoms. The molecule has 0 saturated carbocycles. The summed E-state index contributed by atoms with van der Waals surface area (Å²) < 4.78 is 5.01. The zero-order valence-electron chi connectivity index (χ0n) is 15.0. The maximum Gasteiger partial charge on any atom is 0.307 e. The number of anilines is 1. The first-order chi connectivity index (χ1) is 13.4. The molecule has 1 heterocycles. The molecule has 1 aromatic carbocycles. The van der Waals surface area contributed by atoms with Gasteiger partial charge in [0.15, 0.2) is 6.61 Å². The van der Waals surface area contributed by atoms with Crippen LogP contribution in [0.5, 0.6) is 0 Å². The lowest BCUT2D eigenvalue weighted by molar-refractivity contribution is -0.146. The fraction of sp³-hybridized carbons (Fsp3) is 0.316. The molecule has 0 unspecified atom stereocenters. The summed E-state index contributed by atoms with van der Waals surface area (Å²) in [6.45, 7) is -0.398. The second-order valence-electron chi connectivity index (χ2n) is 6.19. The van der Waals surface area contributed by atoms with Gasteiger partial charge in [0.05, 0.1) is 12.0 Å². The maximum atomic E-state index is 12.1. The van der Waals surface area contributed by atoms with Crippen LogP contribution in [0.2, 0.25) is 5.02 Å². The average Bonchev–Trinajstić information content (AvgIpc) is 3.22. The molecule has 0 radical (unpaired) electrons. The van der Waals surface area contributed by atoms with Crippen LogP contribution in [0.1, 0.15) is 33.6 Å². The highest BCUT2D eigenvalue weighted by molar-refractivity contribution is 7.99. The number of fused-ring (bicyclic) bond motifs is 1. The van der Waals surface area contributed by atoms with Gasteiger partial charge in [-0.1, -0.05) is 11.6 Å². The Balaban J connectivity index is 1.43. The zero-order chi connectivity index (χ0) is 20.1. The number of nitrogens with one attached hydrogen (secondary N) is 1. The number of hydrogen-bond donors (Lipinski definition) is 2. The Morgan fingerprint density at radius 2 is 1.96 bits per heavy atom. The number of nitrogens with two attached hydrogens (primary N) is 1. The molecule has 2 amide bonds. The SMILES string of the molecule is NC(=O)c1c(NC(=O)COC(=O)CCSc2ccc(Cl)cc2)sc2c1CCC2. The molecule has 1 aliphatic carbocycles. The lowest BCUT2D eigenvalue weighted by Crippen LogP contribution is -2.22. The van der Waals surface area contributed by atoms with Crippen molar-refractivity contribution in [3.63, 3.8) is 0 Å². The number of ether oxygens (including phenoxy) is 1. The van der Waals surface area contributed by atoms with E-state index in [1.165, 1.54) is 23.1 Å². The van der Waals surface area contributed by atoms with Crippen molar-refractivity contribution in [1.29, 1.82) is 0 Å². The fourth-order valence-corrected chi connectivity index (χ4v) is 5.19. The molecule has 1 aromatic heterocycles. The maximum absolute atomic E-state index is 12.1. The van der Waals surface area contributed by atoms with Gasteiger partial charge in [0, 0.05) is 20.5 Å². The van der Waals surface area contributed by atoms with Crippen molar-refractivity contribution in [2.75, 3.05) is 17.7 Å². The van der Waals surface area contributed by atoms with Crippen LogP contribution in [0.3, 0.4) is 0 Å². The number of hydrogen-bond acceptors (Lipinski definition) is 6. The number of thioether (sulfide) groups is 1. The molecule has 2 aromatic rings. The van der Waals surface area contributed by atoms with Crippen molar-refractivity contribution in [3.05, 3.63) is 45.3 Å². The zero-order valence-corrected chi connectivity index (χ0v) is 17.3. The second kappa shape index (κ2) is 9.45. The van der Waals surface area contributed by atoms with Gasteiger partial charge in [-0.2, -0.15) is 0 Å². The minimum absolute atomic E-state index is 0.181. The summed E-state index contributed by atoms with van der Waals surface area (Å²) in [6, 6.07) is 7.32. The third kappa shape index (κ3) is 5.27. The van der Waals surface area contributed by atoms with Crippen LogP contribution >= 0.6 is 34.7 Å². The van der Waals surface area contributed by atoms with E-state index >= 15 is 0 Å². The van der Waals surface area contributed by atoms with Gasteiger partial charge in [-0.3, -0.25) is 14.4 Å². The molecule has 0 saturated heterocycles. The first kappa shape index (κ1) is 20.7. The summed E-state index contributed by atoms with van der Waals surface area (Å²) in [5.74, 6) is -0.960. The molecule has 6 nitrogen and oxygen atoms in total. The molecule has 0 bridgehead atoms. The van der Waals surface area contributed by atoms with Crippen molar-refractivity contribution in [3.8, 4) is 0 Å². The highest BCUT2D eigenvalue weighted by atomic mass is 35.5. The van der Waals surface area contributed by atoms with E-state index in [2.05, 4.69) is 5.32 Å². The number of amides is 2. The lowest BCUT2D eigenvalue weighted by Gasteiger charge is -2.07. The van der Waals surface area contributed by atoms with Crippen LogP contribution in [-0.4, -0.2) is 30.1 Å². The molecule has 0 atom stereocenters. The Bertz CT molecular complexity index is 896. The molecule has 0 fully saturated rings. The number of carbonyl (C=O) groups excluding carboxylic acids is 3. The van der Waals surface area contributed by atoms with E-state index < -0.39 is 24.4 Å². The molecular formula is C19H19ClN2O4S2. The number of aryl methyl sites for hydroxylation is 1. The van der Waals surface area contributed by atoms with Gasteiger partial charge in [-0.05, 0) is 49.1 Å². The fourth-order valence-electron chi connectivity index (χ4n) is 2.92. The summed E-state index contributed by atoms with van der Waals surface area (Å²) in [5, 5.41) is 3.75. The van der Waals surface area contributed by atoms with Gasteiger partial charge in [0.2, 0.25) is 0 Å². The average molecular weight is 439 g/mol. The third-order valence-electron chi connectivity index (χ3n) is 4.17. The van der Waals surface area contributed by atoms with Crippen molar-refractivity contribution >= 4 is 57.5 Å². The lowest BCUT2D eigenvalue weighted by atomic mass is 10.1. The molecule has 148 valence electrons. The number of carbonyl (C=O) groups is 3. The van der Waals surface area contributed by atoms with Crippen LogP contribution in [0, 0.1) is 0 Å². The molecule has 28 heavy (non-hydrogen) atoms. The Morgan fingerprint density at radius 3 is 2.68 bits per heavy atom. The minimum atomic E-state index is -0.550. The van der Waals surface area contributed by atoms with Crippen LogP contribution in [0.4, 0.5) is 5.00 Å². The number of benzene rings is 1. The highest BCUT2D eigenvalue weighted by Crippen LogP contribution is 2.38. The van der Waals surface area contributed by atoms with Gasteiger partial charge in [0.25, 0.3) is 11.8 Å². The first-order valence-electron chi connectivity index (χ1n) is 8.72. The minimum Gasteiger partial charge on any atom is -0.456 e. The van der Waals surface area contributed by atoms with Gasteiger partial charge >= 0.3 is 5.97 Å². The molecule has 0 aliphatic heterocycles. The van der Waals surface area contributed by atoms with Gasteiger partial charge in [-0.15, -0.1) is 23.1 Å². The van der Waals surface area contributed by atoms with E-state index in [1.807, 2.05) is 12.1 Å². The van der Waals surface area contributed by atoms with Gasteiger partial charge in [-0.25, -0.2) is 0 Å². The van der Waals surface area contributed by atoms with E-state index in [4.69, 9.17) is 22.1 Å². The summed E-state index contributed by atoms with van der Waals surface area (Å²) >= 11 is 8.70. The third-order valence-corrected chi connectivity index (χ3v) is 6.65. The predicted octanol–water partition coefficient (Wildman–Crippen LogP) is 3.65. The van der Waals surface area contributed by atoms with Crippen molar-refractivity contribution < 1.29 is 19.1 Å². The molecule has 9 heteroatoms. The first-order valence-corrected chi connectivity index (χ1v) is 10.9. The quantitative estimate of drug-likeness (QED) is 0.484. The van der Waals surface area contributed by atoms with Crippen molar-refractivity contribution in [2.24, 2.45) is 5.73 Å². The molecule has 3 N–H and O–H groups in total. The number of primary amides is 1. The summed E-state index contributed by atoms with van der Waals surface area (Å²) in [7, 11) is 0. The van der Waals surface area contributed by atoms with E-state index in [1.54, 1.807) is 12.1 Å². The standard InChI is InChI=1S/C19H19ClN2O4S2/c20-11-4-6-12(7-5-11)27-9-8-16(24)26-10-15(23)22-19-17(18(21)25)13-2-1-3-14(13)28-19/h4-7H,1-3,8-10H2,(H2,21,25)(H,22,23). The molecule has 3 rings (SSSR count). The summed E-state index contributed by atoms with van der Waals surface area (Å²) in [6.07, 6.45) is 2.85. The Morgan fingerprint density at radius 1 is 1.21 bits per heavy atom. The number of thiophene rings is 1. The largest absolute Gasteiger partial charge is 0.456 e. The van der Waals surface area contributed by atoms with Crippen LogP contribution < -0.4 is 11.1 Å². The monoisotopic (exact) mass is 438 g/mol. The van der Waals surface area contributed by atoms with Crippen LogP contribution in [-0.2, 0) is 27.2 Å². The van der Waals surface area contributed by atoms with Crippen LogP contribution in [0.25, 0.3) is 0 Å². The Kier molecular flexibility index (Phi) is 6.98. The number of esters is 1. The molecular weight excluding hydrogens is 420 g/mol. The number of rotatable bonds is 8. The van der Waals surface area contributed by atoms with Crippen LogP contribution in [0.15, 0.2) is 29.2 Å². The predicted molar refractivity (Wildman–Crippen MR) is 111 cm³/mol. The van der Waals surface area contributed by atoms with E-state index in [0.29, 0.717) is 21.3 Å². The van der Waals surface area contributed by atoms with E-state index in [-0.39, 0.29) is 6.42 Å². The van der Waals surface area contributed by atoms with Crippen molar-refractivity contribution in [1.82, 2.24) is 0 Å². The smallest absolute Gasteiger partial charge is 0.307 e. The van der Waals surface area contributed by atoms with Crippen molar-refractivity contribution in [2.45, 2.75) is 30.6 Å². The Labute approximate surface area is 175 Å². The number of halogens is 1. The molecule has 1 aliphatic rings. The second-order valence-corrected chi connectivity index (χ2v) is 8.90. The topological polar surface area (TPSA) is 98.5 Å². The van der Waals surface area contributed by atoms with E-state index in [9.17, 15) is 14.4 Å². The highest BCUT2D eigenvalue weighted by Gasteiger charge is 2.26. The summed E-state index contributed by atoms with van der Waals surface area (Å²) in [5.41, 5.74) is 6.78. The van der Waals surface area contributed by atoms with Gasteiger partial charge < -0.3 is 15.8 Å². The van der Waals surface area contributed by atoms with Gasteiger partial charge in [0.1, 0.15) is 5.00 Å². The summed E-state index contributed by atoms with van der Waals surface area (Å²) in [4.78, 5) is 37.7. The normalized spacial score (nSPS) is 12.5.